The number of thioether (sulfide) groups is 2. The number of hydrogen-bond donors (Lipinski definition) is 1. The van der Waals surface area contributed by atoms with E-state index < -0.39 is 0 Å². The molecule has 1 saturated heterocycles. The fourth-order valence-corrected chi connectivity index (χ4v) is 5.69. The zero-order chi connectivity index (χ0) is 15.4. The van der Waals surface area contributed by atoms with Gasteiger partial charge in [-0.15, -0.1) is 23.5 Å². The molecule has 0 radical (unpaired) electrons. The molecule has 1 heterocycles. The Kier molecular flexibility index (Phi) is 6.22. The molecule has 1 aliphatic rings. The first-order chi connectivity index (χ1) is 10.0. The van der Waals surface area contributed by atoms with E-state index in [1.165, 1.54) is 6.92 Å². The van der Waals surface area contributed by atoms with E-state index in [9.17, 15) is 9.59 Å². The number of Topliss-reactive ketones (excluding diaryl/α,β-unsaturated/α-hetero) is 1. The van der Waals surface area contributed by atoms with Crippen molar-refractivity contribution < 1.29 is 9.59 Å². The second-order valence-corrected chi connectivity index (χ2v) is 8.07. The minimum Gasteiger partial charge on any atom is -0.322 e. The standard InChI is InChI=1S/C14H13BrClNO2S2/c1-8(18)12(14-20-7-11(6-15)21-14)13(19)17-10-4-2-9(16)3-5-10/h2-5,11H,6-7H2,1H3,(H,17,19)/b14-12-. The maximum absolute atomic E-state index is 12.4. The van der Waals surface area contributed by atoms with Gasteiger partial charge < -0.3 is 5.32 Å². The lowest BCUT2D eigenvalue weighted by atomic mass is 10.2. The highest BCUT2D eigenvalue weighted by molar-refractivity contribution is 9.09. The number of nitrogens with one attached hydrogen (secondary N) is 1. The van der Waals surface area contributed by atoms with Crippen molar-refractivity contribution in [3.63, 3.8) is 0 Å². The van der Waals surface area contributed by atoms with Gasteiger partial charge in [-0.25, -0.2) is 0 Å². The summed E-state index contributed by atoms with van der Waals surface area (Å²) in [6.07, 6.45) is 0. The monoisotopic (exact) mass is 405 g/mol. The average Bonchev–Trinajstić information content (AvgIpc) is 2.89. The van der Waals surface area contributed by atoms with Crippen LogP contribution in [0.3, 0.4) is 0 Å². The summed E-state index contributed by atoms with van der Waals surface area (Å²) in [4.78, 5) is 24.2. The van der Waals surface area contributed by atoms with E-state index in [4.69, 9.17) is 11.6 Å². The van der Waals surface area contributed by atoms with Crippen molar-refractivity contribution in [2.45, 2.75) is 12.2 Å². The highest BCUT2D eigenvalue weighted by Gasteiger charge is 2.28. The van der Waals surface area contributed by atoms with E-state index in [1.54, 1.807) is 47.8 Å². The van der Waals surface area contributed by atoms with Crippen molar-refractivity contribution in [3.05, 3.63) is 39.1 Å². The van der Waals surface area contributed by atoms with Gasteiger partial charge in [-0.05, 0) is 31.2 Å². The SMILES string of the molecule is CC(=O)/C(C(=O)Nc1ccc(Cl)cc1)=C1\SCC(CBr)S1. The van der Waals surface area contributed by atoms with Crippen LogP contribution >= 0.6 is 51.1 Å². The van der Waals surface area contributed by atoms with Gasteiger partial charge in [-0.3, -0.25) is 9.59 Å². The molecule has 7 heteroatoms. The minimum absolute atomic E-state index is 0.216. The summed E-state index contributed by atoms with van der Waals surface area (Å²) < 4.78 is 0.804. The van der Waals surface area contributed by atoms with Crippen molar-refractivity contribution in [2.24, 2.45) is 0 Å². The Bertz CT molecular complexity index is 589. The topological polar surface area (TPSA) is 46.2 Å². The lowest BCUT2D eigenvalue weighted by Gasteiger charge is -2.09. The molecular formula is C14H13BrClNO2S2. The van der Waals surface area contributed by atoms with Gasteiger partial charge in [0.2, 0.25) is 0 Å². The summed E-state index contributed by atoms with van der Waals surface area (Å²) in [5.74, 6) is 0.317. The molecule has 3 nitrogen and oxygen atoms in total. The predicted molar refractivity (Wildman–Crippen MR) is 95.4 cm³/mol. The van der Waals surface area contributed by atoms with Gasteiger partial charge in [0.05, 0.1) is 4.24 Å². The molecule has 1 aliphatic heterocycles. The molecule has 2 rings (SSSR count). The highest BCUT2D eigenvalue weighted by atomic mass is 79.9. The van der Waals surface area contributed by atoms with E-state index in [-0.39, 0.29) is 17.3 Å². The number of amides is 1. The number of carbonyl (C=O) groups excluding carboxylic acids is 2. The normalized spacial score (nSPS) is 20.2. The molecular weight excluding hydrogens is 394 g/mol. The molecule has 21 heavy (non-hydrogen) atoms. The molecule has 1 aromatic carbocycles. The van der Waals surface area contributed by atoms with Crippen LogP contribution in [0, 0.1) is 0 Å². The maximum Gasteiger partial charge on any atom is 0.260 e. The number of benzene rings is 1. The number of hydrogen-bond acceptors (Lipinski definition) is 4. The van der Waals surface area contributed by atoms with Gasteiger partial charge >= 0.3 is 0 Å². The lowest BCUT2D eigenvalue weighted by molar-refractivity contribution is -0.118. The first-order valence-corrected chi connectivity index (χ1v) is 9.55. The van der Waals surface area contributed by atoms with E-state index in [0.717, 1.165) is 15.3 Å². The van der Waals surface area contributed by atoms with Crippen LogP contribution in [0.15, 0.2) is 34.1 Å². The van der Waals surface area contributed by atoms with Gasteiger partial charge in [0, 0.05) is 27.0 Å². The van der Waals surface area contributed by atoms with E-state index in [0.29, 0.717) is 16.0 Å². The Morgan fingerprint density at radius 2 is 2.05 bits per heavy atom. The third-order valence-corrected chi connectivity index (χ3v) is 7.17. The molecule has 0 saturated carbocycles. The van der Waals surface area contributed by atoms with Crippen molar-refractivity contribution >= 4 is 68.4 Å². The van der Waals surface area contributed by atoms with Crippen LogP contribution in [-0.4, -0.2) is 28.0 Å². The van der Waals surface area contributed by atoms with Gasteiger partial charge in [-0.1, -0.05) is 27.5 Å². The molecule has 1 aromatic rings. The number of ketones is 1. The van der Waals surface area contributed by atoms with Crippen LogP contribution < -0.4 is 5.32 Å². The van der Waals surface area contributed by atoms with Gasteiger partial charge in [0.15, 0.2) is 5.78 Å². The van der Waals surface area contributed by atoms with E-state index in [1.807, 2.05) is 0 Å². The second kappa shape index (κ2) is 7.72. The Morgan fingerprint density at radius 1 is 1.38 bits per heavy atom. The zero-order valence-electron chi connectivity index (χ0n) is 11.2. The van der Waals surface area contributed by atoms with E-state index in [2.05, 4.69) is 21.2 Å². The largest absolute Gasteiger partial charge is 0.322 e. The van der Waals surface area contributed by atoms with Crippen molar-refractivity contribution in [2.75, 3.05) is 16.4 Å². The quantitative estimate of drug-likeness (QED) is 0.350. The molecule has 1 amide bonds. The molecule has 1 fully saturated rings. The minimum atomic E-state index is -0.366. The molecule has 1 atom stereocenters. The van der Waals surface area contributed by atoms with Crippen LogP contribution in [0.4, 0.5) is 5.69 Å². The first kappa shape index (κ1) is 16.9. The van der Waals surface area contributed by atoms with Crippen LogP contribution in [0.5, 0.6) is 0 Å². The van der Waals surface area contributed by atoms with Gasteiger partial charge in [0.25, 0.3) is 5.91 Å². The lowest BCUT2D eigenvalue weighted by Crippen LogP contribution is -2.19. The summed E-state index contributed by atoms with van der Waals surface area (Å²) in [5, 5.41) is 4.58. The summed E-state index contributed by atoms with van der Waals surface area (Å²) >= 11 is 12.4. The average molecular weight is 407 g/mol. The second-order valence-electron chi connectivity index (χ2n) is 4.38. The number of anilines is 1. The summed E-state index contributed by atoms with van der Waals surface area (Å²) in [5.41, 5.74) is 0.859. The Balaban J connectivity index is 2.19. The number of carbonyl (C=O) groups is 2. The smallest absolute Gasteiger partial charge is 0.260 e. The summed E-state index contributed by atoms with van der Waals surface area (Å²) in [7, 11) is 0. The number of alkyl halides is 1. The Labute approximate surface area is 145 Å². The van der Waals surface area contributed by atoms with Crippen LogP contribution in [0.25, 0.3) is 0 Å². The first-order valence-electron chi connectivity index (χ1n) is 6.18. The van der Waals surface area contributed by atoms with Crippen LogP contribution in [-0.2, 0) is 9.59 Å². The predicted octanol–water partition coefficient (Wildman–Crippen LogP) is 4.32. The van der Waals surface area contributed by atoms with Crippen LogP contribution in [0.2, 0.25) is 5.02 Å². The third kappa shape index (κ3) is 4.52. The zero-order valence-corrected chi connectivity index (χ0v) is 15.2. The maximum atomic E-state index is 12.4. The van der Waals surface area contributed by atoms with E-state index >= 15 is 0 Å². The van der Waals surface area contributed by atoms with Crippen molar-refractivity contribution in [3.8, 4) is 0 Å². The molecule has 1 unspecified atom stereocenters. The fourth-order valence-electron chi connectivity index (χ4n) is 1.72. The van der Waals surface area contributed by atoms with Crippen molar-refractivity contribution in [1.29, 1.82) is 0 Å². The fraction of sp³-hybridized carbons (Fsp3) is 0.286. The van der Waals surface area contributed by atoms with Crippen LogP contribution in [0.1, 0.15) is 6.92 Å². The van der Waals surface area contributed by atoms with Crippen molar-refractivity contribution in [1.82, 2.24) is 0 Å². The Hall–Kier alpha value is -0.430. The molecule has 1 N–H and O–H groups in total. The summed E-state index contributed by atoms with van der Waals surface area (Å²) in [6.45, 7) is 1.42. The summed E-state index contributed by atoms with van der Waals surface area (Å²) in [6, 6.07) is 6.80. The van der Waals surface area contributed by atoms with Gasteiger partial charge in [0.1, 0.15) is 5.57 Å². The van der Waals surface area contributed by atoms with Gasteiger partial charge in [-0.2, -0.15) is 0 Å². The molecule has 0 bridgehead atoms. The molecule has 0 spiro atoms. The number of rotatable bonds is 4. The Morgan fingerprint density at radius 3 is 2.57 bits per heavy atom. The third-order valence-electron chi connectivity index (χ3n) is 2.73. The molecule has 0 aromatic heterocycles. The molecule has 112 valence electrons. The number of halogens is 2. The highest BCUT2D eigenvalue weighted by Crippen LogP contribution is 2.44. The molecule has 0 aliphatic carbocycles.